The lowest BCUT2D eigenvalue weighted by Gasteiger charge is -2.11. The maximum Gasteiger partial charge on any atom is 0.407 e. The van der Waals surface area contributed by atoms with Gasteiger partial charge in [0, 0.05) is 27.2 Å². The highest BCUT2D eigenvalue weighted by molar-refractivity contribution is 5.66. The van der Waals surface area contributed by atoms with Crippen molar-refractivity contribution in [2.45, 2.75) is 19.4 Å². The highest BCUT2D eigenvalue weighted by Crippen LogP contribution is 1.96. The molecule has 0 spiro atoms. The van der Waals surface area contributed by atoms with Gasteiger partial charge in [-0.1, -0.05) is 0 Å². The quantitative estimate of drug-likeness (QED) is 0.662. The smallest absolute Gasteiger partial charge is 0.407 e. The van der Waals surface area contributed by atoms with Gasteiger partial charge in [-0.05, 0) is 6.92 Å². The first-order valence-corrected chi connectivity index (χ1v) is 3.58. The topological polar surface area (TPSA) is 47.6 Å². The summed E-state index contributed by atoms with van der Waals surface area (Å²) < 4.78 is 9.69. The van der Waals surface area contributed by atoms with Gasteiger partial charge in [0.2, 0.25) is 0 Å². The van der Waals surface area contributed by atoms with Crippen molar-refractivity contribution < 1.29 is 14.3 Å². The zero-order valence-corrected chi connectivity index (χ0v) is 7.22. The number of carbonyl (C=O) groups excluding carboxylic acids is 1. The molecule has 1 unspecified atom stereocenters. The zero-order valence-electron chi connectivity index (χ0n) is 7.22. The van der Waals surface area contributed by atoms with Crippen molar-refractivity contribution in [2.75, 3.05) is 20.8 Å². The van der Waals surface area contributed by atoms with Crippen LogP contribution >= 0.6 is 0 Å². The van der Waals surface area contributed by atoms with Crippen LogP contribution in [0.2, 0.25) is 0 Å². The molecule has 1 atom stereocenters. The Morgan fingerprint density at radius 3 is 2.73 bits per heavy atom. The van der Waals surface area contributed by atoms with E-state index < -0.39 is 6.09 Å². The molecular formula is C7H15NO3. The van der Waals surface area contributed by atoms with Crippen molar-refractivity contribution in [3.05, 3.63) is 0 Å². The fraction of sp³-hybridized carbons (Fsp3) is 0.857. The predicted octanol–water partition coefficient (Wildman–Crippen LogP) is 0.767. The second kappa shape index (κ2) is 5.97. The minimum atomic E-state index is -0.395. The van der Waals surface area contributed by atoms with Crippen LogP contribution in [0.5, 0.6) is 0 Å². The van der Waals surface area contributed by atoms with E-state index in [1.165, 1.54) is 7.05 Å². The van der Waals surface area contributed by atoms with Gasteiger partial charge < -0.3 is 14.8 Å². The molecule has 0 heterocycles. The molecule has 0 radical (unpaired) electrons. The summed E-state index contributed by atoms with van der Waals surface area (Å²) in [5.41, 5.74) is 0. The van der Waals surface area contributed by atoms with Crippen LogP contribution in [0.1, 0.15) is 13.3 Å². The Morgan fingerprint density at radius 2 is 2.27 bits per heavy atom. The molecule has 0 saturated heterocycles. The van der Waals surface area contributed by atoms with Crippen LogP contribution in [0.3, 0.4) is 0 Å². The molecule has 0 saturated carbocycles. The molecule has 0 aromatic rings. The second-order valence-corrected chi connectivity index (χ2v) is 2.25. The molecule has 0 aliphatic rings. The third kappa shape index (κ3) is 5.66. The van der Waals surface area contributed by atoms with Gasteiger partial charge in [-0.2, -0.15) is 0 Å². The number of ether oxygens (including phenoxy) is 2. The Balaban J connectivity index is 3.35. The van der Waals surface area contributed by atoms with Gasteiger partial charge in [0.1, 0.15) is 6.10 Å². The Morgan fingerprint density at radius 1 is 1.64 bits per heavy atom. The molecule has 11 heavy (non-hydrogen) atoms. The molecular weight excluding hydrogens is 146 g/mol. The molecule has 1 N–H and O–H groups in total. The predicted molar refractivity (Wildman–Crippen MR) is 41.5 cm³/mol. The molecule has 0 aliphatic carbocycles. The second-order valence-electron chi connectivity index (χ2n) is 2.25. The minimum absolute atomic E-state index is 0.0881. The number of amides is 1. The maximum absolute atomic E-state index is 10.6. The monoisotopic (exact) mass is 161 g/mol. The van der Waals surface area contributed by atoms with E-state index in [4.69, 9.17) is 9.47 Å². The summed E-state index contributed by atoms with van der Waals surface area (Å²) in [6, 6.07) is 0. The molecule has 0 aliphatic heterocycles. The van der Waals surface area contributed by atoms with Crippen molar-refractivity contribution >= 4 is 6.09 Å². The average Bonchev–Trinajstić information content (AvgIpc) is 2.00. The van der Waals surface area contributed by atoms with Crippen molar-refractivity contribution in [1.29, 1.82) is 0 Å². The normalized spacial score (nSPS) is 12.3. The van der Waals surface area contributed by atoms with Gasteiger partial charge in [0.25, 0.3) is 0 Å². The highest BCUT2D eigenvalue weighted by atomic mass is 16.6. The first kappa shape index (κ1) is 10.2. The van der Waals surface area contributed by atoms with Crippen LogP contribution in [0.4, 0.5) is 4.79 Å². The summed E-state index contributed by atoms with van der Waals surface area (Å²) >= 11 is 0. The molecule has 1 amide bonds. The summed E-state index contributed by atoms with van der Waals surface area (Å²) in [6.07, 6.45) is 0.243. The summed E-state index contributed by atoms with van der Waals surface area (Å²) in [6.45, 7) is 2.44. The maximum atomic E-state index is 10.6. The van der Waals surface area contributed by atoms with Crippen molar-refractivity contribution in [3.8, 4) is 0 Å². The van der Waals surface area contributed by atoms with Crippen LogP contribution in [-0.2, 0) is 9.47 Å². The molecule has 4 nitrogen and oxygen atoms in total. The molecule has 0 aromatic carbocycles. The van der Waals surface area contributed by atoms with Crippen molar-refractivity contribution in [2.24, 2.45) is 0 Å². The van der Waals surface area contributed by atoms with Crippen molar-refractivity contribution in [1.82, 2.24) is 5.32 Å². The number of hydrogen-bond donors (Lipinski definition) is 1. The summed E-state index contributed by atoms with van der Waals surface area (Å²) in [7, 11) is 3.15. The lowest BCUT2D eigenvalue weighted by molar-refractivity contribution is 0.0823. The third-order valence-corrected chi connectivity index (χ3v) is 1.24. The first-order valence-electron chi connectivity index (χ1n) is 3.58. The number of carbonyl (C=O) groups is 1. The van der Waals surface area contributed by atoms with Crippen LogP contribution in [0, 0.1) is 0 Å². The SMILES string of the molecule is CNC(=O)OC(C)CCOC. The van der Waals surface area contributed by atoms with Crippen LogP contribution in [0.25, 0.3) is 0 Å². The van der Waals surface area contributed by atoms with E-state index in [0.717, 1.165) is 6.42 Å². The van der Waals surface area contributed by atoms with Gasteiger partial charge in [0.15, 0.2) is 0 Å². The van der Waals surface area contributed by atoms with E-state index >= 15 is 0 Å². The fourth-order valence-corrected chi connectivity index (χ4v) is 0.584. The molecule has 4 heteroatoms. The molecule has 66 valence electrons. The summed E-state index contributed by atoms with van der Waals surface area (Å²) in [5.74, 6) is 0. The number of alkyl carbamates (subject to hydrolysis) is 1. The first-order chi connectivity index (χ1) is 5.20. The standard InChI is InChI=1S/C7H15NO3/c1-6(4-5-10-3)11-7(9)8-2/h6H,4-5H2,1-3H3,(H,8,9). The van der Waals surface area contributed by atoms with E-state index in [1.807, 2.05) is 6.92 Å². The Bertz CT molecular complexity index is 116. The van der Waals surface area contributed by atoms with E-state index in [1.54, 1.807) is 7.11 Å². The number of nitrogens with one attached hydrogen (secondary N) is 1. The van der Waals surface area contributed by atoms with Gasteiger partial charge >= 0.3 is 6.09 Å². The van der Waals surface area contributed by atoms with E-state index in [2.05, 4.69) is 5.32 Å². The molecule has 0 fully saturated rings. The number of hydrogen-bond acceptors (Lipinski definition) is 3. The molecule has 0 rings (SSSR count). The largest absolute Gasteiger partial charge is 0.446 e. The Hall–Kier alpha value is -0.770. The molecule has 0 aromatic heterocycles. The Kier molecular flexibility index (Phi) is 5.56. The highest BCUT2D eigenvalue weighted by Gasteiger charge is 2.05. The lowest BCUT2D eigenvalue weighted by Crippen LogP contribution is -2.24. The number of rotatable bonds is 4. The minimum Gasteiger partial charge on any atom is -0.446 e. The average molecular weight is 161 g/mol. The van der Waals surface area contributed by atoms with Gasteiger partial charge in [0.05, 0.1) is 0 Å². The molecule has 0 bridgehead atoms. The van der Waals surface area contributed by atoms with E-state index in [-0.39, 0.29) is 6.10 Å². The lowest BCUT2D eigenvalue weighted by atomic mass is 10.3. The third-order valence-electron chi connectivity index (χ3n) is 1.24. The number of methoxy groups -OCH3 is 1. The Labute approximate surface area is 66.9 Å². The van der Waals surface area contributed by atoms with E-state index in [0.29, 0.717) is 6.61 Å². The summed E-state index contributed by atoms with van der Waals surface area (Å²) in [5, 5.41) is 2.37. The van der Waals surface area contributed by atoms with Crippen molar-refractivity contribution in [3.63, 3.8) is 0 Å². The van der Waals surface area contributed by atoms with Gasteiger partial charge in [-0.25, -0.2) is 4.79 Å². The van der Waals surface area contributed by atoms with E-state index in [9.17, 15) is 4.79 Å². The van der Waals surface area contributed by atoms with Gasteiger partial charge in [-0.15, -0.1) is 0 Å². The fourth-order valence-electron chi connectivity index (χ4n) is 0.584. The zero-order chi connectivity index (χ0) is 8.69. The van der Waals surface area contributed by atoms with Gasteiger partial charge in [-0.3, -0.25) is 0 Å². The van der Waals surface area contributed by atoms with Crippen LogP contribution in [-0.4, -0.2) is 33.0 Å². The van der Waals surface area contributed by atoms with Crippen LogP contribution < -0.4 is 5.32 Å². The summed E-state index contributed by atoms with van der Waals surface area (Å²) in [4.78, 5) is 10.6. The van der Waals surface area contributed by atoms with Crippen LogP contribution in [0.15, 0.2) is 0 Å².